The number of fused-ring (bicyclic) bond motifs is 1. The number of urea groups is 1. The molecule has 2 aromatic heterocycles. The summed E-state index contributed by atoms with van der Waals surface area (Å²) in [6.07, 6.45) is 5.14. The molecule has 0 spiro atoms. The molecule has 2 aliphatic rings. The molecule has 1 saturated heterocycles. The third kappa shape index (κ3) is 3.48. The molecule has 1 aromatic carbocycles. The van der Waals surface area contributed by atoms with Crippen LogP contribution in [0, 0.1) is 0 Å². The van der Waals surface area contributed by atoms with Crippen molar-refractivity contribution in [2.24, 2.45) is 0 Å². The maximum absolute atomic E-state index is 11.9. The third-order valence-electron chi connectivity index (χ3n) is 4.56. The molecule has 2 fully saturated rings. The van der Waals surface area contributed by atoms with Crippen LogP contribution < -0.4 is 25.4 Å². The smallest absolute Gasteiger partial charge is 0.327 e. The van der Waals surface area contributed by atoms with Crippen LogP contribution in [0.15, 0.2) is 36.2 Å². The van der Waals surface area contributed by atoms with Gasteiger partial charge >= 0.3 is 12.0 Å². The van der Waals surface area contributed by atoms with E-state index in [1.165, 1.54) is 10.6 Å². The van der Waals surface area contributed by atoms with Gasteiger partial charge in [0.25, 0.3) is 5.91 Å². The Bertz CT molecular complexity index is 1200. The topological polar surface area (TPSA) is 132 Å². The lowest BCUT2D eigenvalue weighted by atomic mass is 10.2. The van der Waals surface area contributed by atoms with E-state index in [1.54, 1.807) is 37.6 Å². The number of carbonyl (C=O) groups excluding carboxylic acids is 2. The summed E-state index contributed by atoms with van der Waals surface area (Å²) in [5.74, 6) is 1.11. The second-order valence-electron chi connectivity index (χ2n) is 6.83. The van der Waals surface area contributed by atoms with Gasteiger partial charge in [0, 0.05) is 17.7 Å². The summed E-state index contributed by atoms with van der Waals surface area (Å²) in [4.78, 5) is 32.1. The average molecular weight is 407 g/mol. The molecule has 152 valence electrons. The molecule has 0 bridgehead atoms. The number of aromatic nitrogens is 4. The number of nitrogens with zero attached hydrogens (tertiary/aromatic N) is 4. The quantitative estimate of drug-likeness (QED) is 0.415. The van der Waals surface area contributed by atoms with E-state index in [4.69, 9.17) is 9.47 Å². The lowest BCUT2D eigenvalue weighted by Gasteiger charge is -2.10. The summed E-state index contributed by atoms with van der Waals surface area (Å²) in [7, 11) is 1.57. The van der Waals surface area contributed by atoms with E-state index in [-0.39, 0.29) is 11.7 Å². The Kier molecular flexibility index (Phi) is 4.20. The van der Waals surface area contributed by atoms with Gasteiger partial charge in [0.2, 0.25) is 5.95 Å². The molecule has 1 saturated carbocycles. The first-order valence-electron chi connectivity index (χ1n) is 9.27. The highest BCUT2D eigenvalue weighted by molar-refractivity contribution is 6.14. The first-order chi connectivity index (χ1) is 14.6. The molecule has 30 heavy (non-hydrogen) atoms. The number of benzene rings is 1. The minimum Gasteiger partial charge on any atom is -0.497 e. The minimum atomic E-state index is -0.574. The van der Waals surface area contributed by atoms with Crippen LogP contribution in [0.25, 0.3) is 11.7 Å². The molecule has 1 aliphatic heterocycles. The van der Waals surface area contributed by atoms with Crippen LogP contribution in [-0.2, 0) is 4.79 Å². The van der Waals surface area contributed by atoms with Crippen molar-refractivity contribution in [3.05, 3.63) is 41.7 Å². The Morgan fingerprint density at radius 3 is 2.77 bits per heavy atom. The maximum atomic E-state index is 11.9. The van der Waals surface area contributed by atoms with E-state index in [0.29, 0.717) is 34.7 Å². The highest BCUT2D eigenvalue weighted by atomic mass is 16.5. The first-order valence-corrected chi connectivity index (χ1v) is 9.27. The highest BCUT2D eigenvalue weighted by Gasteiger charge is 2.26. The second kappa shape index (κ2) is 7.03. The fourth-order valence-electron chi connectivity index (χ4n) is 2.93. The van der Waals surface area contributed by atoms with Crippen LogP contribution >= 0.6 is 0 Å². The van der Waals surface area contributed by atoms with Crippen LogP contribution in [0.2, 0.25) is 0 Å². The molecule has 0 atom stereocenters. The number of anilines is 1. The molecule has 11 heteroatoms. The second-order valence-corrected chi connectivity index (χ2v) is 6.83. The number of ether oxygens (including phenoxy) is 2. The van der Waals surface area contributed by atoms with Crippen LogP contribution in [0.3, 0.4) is 0 Å². The number of rotatable bonds is 6. The SMILES string of the molecule is COc1cccc(Oc2nc(NC3CC3)n3ncc(/C=C4\NC(=O)NC4=O)c3n2)c1. The van der Waals surface area contributed by atoms with Gasteiger partial charge in [0.15, 0.2) is 5.65 Å². The molecular weight excluding hydrogens is 390 g/mol. The van der Waals surface area contributed by atoms with E-state index >= 15 is 0 Å². The van der Waals surface area contributed by atoms with Crippen molar-refractivity contribution in [2.45, 2.75) is 18.9 Å². The van der Waals surface area contributed by atoms with Crippen molar-refractivity contribution in [1.29, 1.82) is 0 Å². The van der Waals surface area contributed by atoms with Gasteiger partial charge in [-0.25, -0.2) is 4.79 Å². The van der Waals surface area contributed by atoms with Crippen LogP contribution in [-0.4, -0.2) is 44.7 Å². The zero-order valence-corrected chi connectivity index (χ0v) is 15.9. The van der Waals surface area contributed by atoms with E-state index in [9.17, 15) is 9.59 Å². The number of carbonyl (C=O) groups is 2. The third-order valence-corrected chi connectivity index (χ3v) is 4.56. The first kappa shape index (κ1) is 17.9. The van der Waals surface area contributed by atoms with Gasteiger partial charge in [0.1, 0.15) is 17.2 Å². The predicted molar refractivity (Wildman–Crippen MR) is 105 cm³/mol. The monoisotopic (exact) mass is 407 g/mol. The number of nitrogens with one attached hydrogen (secondary N) is 3. The van der Waals surface area contributed by atoms with Gasteiger partial charge in [-0.2, -0.15) is 19.6 Å². The number of hydrogen-bond acceptors (Lipinski definition) is 8. The molecule has 3 N–H and O–H groups in total. The highest BCUT2D eigenvalue weighted by Crippen LogP contribution is 2.28. The summed E-state index contributed by atoms with van der Waals surface area (Å²) in [5.41, 5.74) is 1.06. The molecule has 1 aliphatic carbocycles. The minimum absolute atomic E-state index is 0.110. The normalized spacial score (nSPS) is 17.2. The van der Waals surface area contributed by atoms with Crippen LogP contribution in [0.5, 0.6) is 17.5 Å². The van der Waals surface area contributed by atoms with Crippen LogP contribution in [0.4, 0.5) is 10.7 Å². The van der Waals surface area contributed by atoms with Gasteiger partial charge in [-0.15, -0.1) is 0 Å². The molecule has 11 nitrogen and oxygen atoms in total. The zero-order valence-electron chi connectivity index (χ0n) is 15.9. The Morgan fingerprint density at radius 1 is 1.20 bits per heavy atom. The van der Waals surface area contributed by atoms with Gasteiger partial charge in [-0.3, -0.25) is 10.1 Å². The molecule has 3 amide bonds. The fourth-order valence-corrected chi connectivity index (χ4v) is 2.93. The number of hydrogen-bond donors (Lipinski definition) is 3. The van der Waals surface area contributed by atoms with Crippen molar-refractivity contribution in [2.75, 3.05) is 12.4 Å². The number of methoxy groups -OCH3 is 1. The lowest BCUT2D eigenvalue weighted by Crippen LogP contribution is -2.22. The molecule has 0 radical (unpaired) electrons. The molecule has 3 heterocycles. The molecule has 5 rings (SSSR count). The Labute approximate surface area is 170 Å². The van der Waals surface area contributed by atoms with Crippen molar-refractivity contribution in [1.82, 2.24) is 30.2 Å². The molecule has 3 aromatic rings. The summed E-state index contributed by atoms with van der Waals surface area (Å²) in [5, 5.41) is 12.2. The van der Waals surface area contributed by atoms with Crippen LogP contribution in [0.1, 0.15) is 18.4 Å². The van der Waals surface area contributed by atoms with Crippen molar-refractivity contribution < 1.29 is 19.1 Å². The van der Waals surface area contributed by atoms with E-state index in [1.807, 2.05) is 0 Å². The van der Waals surface area contributed by atoms with Crippen molar-refractivity contribution in [3.63, 3.8) is 0 Å². The molecular formula is C19H17N7O4. The summed E-state index contributed by atoms with van der Waals surface area (Å²) in [6, 6.07) is 6.94. The lowest BCUT2D eigenvalue weighted by molar-refractivity contribution is -0.115. The molecule has 0 unspecified atom stereocenters. The standard InChI is InChI=1S/C19H17N7O4/c1-29-12-3-2-4-13(8-12)30-19-23-15-10(7-14-16(27)24-18(28)22-14)9-20-26(15)17(25-19)21-11-5-6-11/h2-4,7-9,11H,5-6H2,1H3,(H,21,23,25)(H2,22,24,27,28)/b14-7-. The number of imide groups is 1. The Morgan fingerprint density at radius 2 is 2.03 bits per heavy atom. The van der Waals surface area contributed by atoms with Gasteiger partial charge in [-0.1, -0.05) is 6.07 Å². The van der Waals surface area contributed by atoms with E-state index < -0.39 is 11.9 Å². The average Bonchev–Trinajstić information content (AvgIpc) is 3.37. The summed E-state index contributed by atoms with van der Waals surface area (Å²) in [6.45, 7) is 0. The largest absolute Gasteiger partial charge is 0.497 e. The van der Waals surface area contributed by atoms with E-state index in [2.05, 4.69) is 31.0 Å². The fraction of sp³-hybridized carbons (Fsp3) is 0.211. The van der Waals surface area contributed by atoms with Crippen molar-refractivity contribution >= 4 is 29.6 Å². The number of amides is 3. The predicted octanol–water partition coefficient (Wildman–Crippen LogP) is 1.68. The van der Waals surface area contributed by atoms with Gasteiger partial charge in [-0.05, 0) is 31.1 Å². The summed E-state index contributed by atoms with van der Waals surface area (Å²) >= 11 is 0. The van der Waals surface area contributed by atoms with Crippen molar-refractivity contribution in [3.8, 4) is 17.5 Å². The van der Waals surface area contributed by atoms with Gasteiger partial charge in [0.05, 0.1) is 13.3 Å². The Balaban J connectivity index is 1.56. The van der Waals surface area contributed by atoms with Gasteiger partial charge < -0.3 is 20.1 Å². The van der Waals surface area contributed by atoms with E-state index in [0.717, 1.165) is 12.8 Å². The maximum Gasteiger partial charge on any atom is 0.327 e. The Hall–Kier alpha value is -4.15. The summed E-state index contributed by atoms with van der Waals surface area (Å²) < 4.78 is 12.6. The zero-order chi connectivity index (χ0) is 20.7.